The van der Waals surface area contributed by atoms with Gasteiger partial charge in [-0.2, -0.15) is 0 Å². The van der Waals surface area contributed by atoms with Gasteiger partial charge in [0.15, 0.2) is 0 Å². The highest BCUT2D eigenvalue weighted by molar-refractivity contribution is 7.05. The molecule has 2 N–H and O–H groups in total. The van der Waals surface area contributed by atoms with Crippen molar-refractivity contribution in [1.29, 1.82) is 0 Å². The molecule has 0 aliphatic heterocycles. The molecule has 96 valence electrons. The number of aryl methyl sites for hydroxylation is 1. The second-order valence-electron chi connectivity index (χ2n) is 5.16. The topological polar surface area (TPSA) is 51.8 Å². The molecule has 1 aromatic rings. The summed E-state index contributed by atoms with van der Waals surface area (Å²) in [6.07, 6.45) is 7.54. The fourth-order valence-electron chi connectivity index (χ4n) is 2.96. The number of rotatable bonds is 4. The van der Waals surface area contributed by atoms with Gasteiger partial charge < -0.3 is 5.73 Å². The Morgan fingerprint density at radius 1 is 1.41 bits per heavy atom. The first-order valence-electron chi connectivity index (χ1n) is 6.82. The molecular weight excluding hydrogens is 230 g/mol. The van der Waals surface area contributed by atoms with Crippen LogP contribution in [0.25, 0.3) is 0 Å². The van der Waals surface area contributed by atoms with E-state index in [1.165, 1.54) is 48.5 Å². The zero-order valence-electron chi connectivity index (χ0n) is 10.9. The Bertz CT molecular complexity index is 350. The molecule has 3 atom stereocenters. The summed E-state index contributed by atoms with van der Waals surface area (Å²) in [6, 6.07) is 0.166. The maximum atomic E-state index is 6.44. The molecule has 4 heteroatoms. The van der Waals surface area contributed by atoms with E-state index in [1.54, 1.807) is 0 Å². The van der Waals surface area contributed by atoms with Gasteiger partial charge in [-0.15, -0.1) is 5.10 Å². The van der Waals surface area contributed by atoms with E-state index < -0.39 is 0 Å². The van der Waals surface area contributed by atoms with E-state index in [0.29, 0.717) is 5.92 Å². The Morgan fingerprint density at radius 3 is 2.94 bits per heavy atom. The van der Waals surface area contributed by atoms with E-state index >= 15 is 0 Å². The van der Waals surface area contributed by atoms with Gasteiger partial charge in [-0.05, 0) is 42.6 Å². The lowest BCUT2D eigenvalue weighted by atomic mass is 9.76. The van der Waals surface area contributed by atoms with Crippen LogP contribution >= 0.6 is 11.5 Å². The van der Waals surface area contributed by atoms with Gasteiger partial charge in [-0.25, -0.2) is 0 Å². The Morgan fingerprint density at radius 2 is 2.24 bits per heavy atom. The van der Waals surface area contributed by atoms with Crippen molar-refractivity contribution in [3.63, 3.8) is 0 Å². The van der Waals surface area contributed by atoms with Crippen LogP contribution in [0.15, 0.2) is 0 Å². The highest BCUT2D eigenvalue weighted by atomic mass is 32.1. The number of nitrogens with two attached hydrogens (primary N) is 1. The minimum absolute atomic E-state index is 0.166. The maximum absolute atomic E-state index is 6.44. The second kappa shape index (κ2) is 5.91. The van der Waals surface area contributed by atoms with E-state index in [4.69, 9.17) is 5.73 Å². The molecule has 0 bridgehead atoms. The predicted molar refractivity (Wildman–Crippen MR) is 72.0 cm³/mol. The normalized spacial score (nSPS) is 27.0. The minimum atomic E-state index is 0.166. The van der Waals surface area contributed by atoms with Crippen molar-refractivity contribution in [3.05, 3.63) is 10.6 Å². The van der Waals surface area contributed by atoms with Crippen molar-refractivity contribution >= 4 is 11.5 Å². The zero-order chi connectivity index (χ0) is 12.3. The van der Waals surface area contributed by atoms with Crippen LogP contribution < -0.4 is 5.73 Å². The van der Waals surface area contributed by atoms with Gasteiger partial charge in [-0.1, -0.05) is 37.6 Å². The molecule has 3 unspecified atom stereocenters. The van der Waals surface area contributed by atoms with E-state index in [1.807, 2.05) is 0 Å². The molecule has 0 amide bonds. The molecule has 0 radical (unpaired) electrons. The van der Waals surface area contributed by atoms with Crippen molar-refractivity contribution in [2.45, 2.75) is 58.4 Å². The van der Waals surface area contributed by atoms with Crippen molar-refractivity contribution in [2.24, 2.45) is 17.6 Å². The van der Waals surface area contributed by atoms with Crippen LogP contribution in [-0.2, 0) is 6.42 Å². The first-order chi connectivity index (χ1) is 8.26. The van der Waals surface area contributed by atoms with Crippen LogP contribution in [0.1, 0.15) is 62.6 Å². The smallest absolute Gasteiger partial charge is 0.0801 e. The number of nitrogens with zero attached hydrogens (tertiary/aromatic N) is 2. The van der Waals surface area contributed by atoms with Crippen molar-refractivity contribution < 1.29 is 0 Å². The summed E-state index contributed by atoms with van der Waals surface area (Å²) in [7, 11) is 0. The van der Waals surface area contributed by atoms with E-state index in [-0.39, 0.29) is 6.04 Å². The molecule has 1 aromatic heterocycles. The summed E-state index contributed by atoms with van der Waals surface area (Å²) in [6.45, 7) is 4.42. The van der Waals surface area contributed by atoms with Crippen LogP contribution in [0.2, 0.25) is 0 Å². The zero-order valence-corrected chi connectivity index (χ0v) is 11.7. The van der Waals surface area contributed by atoms with Crippen LogP contribution in [0.5, 0.6) is 0 Å². The summed E-state index contributed by atoms with van der Waals surface area (Å²) in [5.41, 5.74) is 7.55. The number of hydrogen-bond acceptors (Lipinski definition) is 4. The fraction of sp³-hybridized carbons (Fsp3) is 0.846. The van der Waals surface area contributed by atoms with Gasteiger partial charge in [0, 0.05) is 6.04 Å². The van der Waals surface area contributed by atoms with Gasteiger partial charge in [0.1, 0.15) is 0 Å². The molecule has 1 fully saturated rings. The molecule has 2 rings (SSSR count). The Kier molecular flexibility index (Phi) is 4.51. The average molecular weight is 253 g/mol. The molecule has 1 heterocycles. The van der Waals surface area contributed by atoms with Gasteiger partial charge in [0.2, 0.25) is 0 Å². The first kappa shape index (κ1) is 13.0. The molecule has 0 saturated heterocycles. The second-order valence-corrected chi connectivity index (χ2v) is 5.95. The lowest BCUT2D eigenvalue weighted by molar-refractivity contribution is 0.231. The monoisotopic (exact) mass is 253 g/mol. The minimum Gasteiger partial charge on any atom is -0.323 e. The third-order valence-corrected chi connectivity index (χ3v) is 5.00. The summed E-state index contributed by atoms with van der Waals surface area (Å²) in [5.74, 6) is 1.52. The summed E-state index contributed by atoms with van der Waals surface area (Å²) in [4.78, 5) is 1.23. The van der Waals surface area contributed by atoms with Crippen molar-refractivity contribution in [2.75, 3.05) is 0 Å². The molecule has 0 aromatic carbocycles. The molecular formula is C13H23N3S. The Balaban J connectivity index is 2.06. The summed E-state index contributed by atoms with van der Waals surface area (Å²) < 4.78 is 4.06. The molecule has 17 heavy (non-hydrogen) atoms. The molecule has 3 nitrogen and oxygen atoms in total. The maximum Gasteiger partial charge on any atom is 0.0801 e. The van der Waals surface area contributed by atoms with E-state index in [9.17, 15) is 0 Å². The lowest BCUT2D eigenvalue weighted by Gasteiger charge is -2.32. The fourth-order valence-corrected chi connectivity index (χ4v) is 3.79. The third-order valence-electron chi connectivity index (χ3n) is 4.13. The predicted octanol–water partition coefficient (Wildman–Crippen LogP) is 3.32. The van der Waals surface area contributed by atoms with Crippen LogP contribution in [0.4, 0.5) is 0 Å². The lowest BCUT2D eigenvalue weighted by Crippen LogP contribution is -2.26. The van der Waals surface area contributed by atoms with Crippen molar-refractivity contribution in [3.8, 4) is 0 Å². The van der Waals surface area contributed by atoms with Crippen molar-refractivity contribution in [1.82, 2.24) is 9.59 Å². The summed E-state index contributed by atoms with van der Waals surface area (Å²) in [5, 5.41) is 4.18. The first-order valence-corrected chi connectivity index (χ1v) is 7.60. The number of hydrogen-bond donors (Lipinski definition) is 1. The van der Waals surface area contributed by atoms with E-state index in [2.05, 4.69) is 23.4 Å². The Hall–Kier alpha value is -0.480. The highest BCUT2D eigenvalue weighted by Crippen LogP contribution is 2.38. The molecule has 1 aliphatic rings. The Labute approximate surface area is 108 Å². The van der Waals surface area contributed by atoms with Crippen LogP contribution in [-0.4, -0.2) is 9.59 Å². The van der Waals surface area contributed by atoms with Crippen LogP contribution in [0.3, 0.4) is 0 Å². The van der Waals surface area contributed by atoms with E-state index in [0.717, 1.165) is 18.0 Å². The molecule has 1 aliphatic carbocycles. The van der Waals surface area contributed by atoms with Gasteiger partial charge in [0.05, 0.1) is 10.6 Å². The number of aromatic nitrogens is 2. The quantitative estimate of drug-likeness (QED) is 0.895. The largest absolute Gasteiger partial charge is 0.323 e. The van der Waals surface area contributed by atoms with Gasteiger partial charge in [0.25, 0.3) is 0 Å². The average Bonchev–Trinajstić information content (AvgIpc) is 2.86. The molecule has 0 spiro atoms. The highest BCUT2D eigenvalue weighted by Gasteiger charge is 2.28. The van der Waals surface area contributed by atoms with Crippen LogP contribution in [0, 0.1) is 11.8 Å². The van der Waals surface area contributed by atoms with Gasteiger partial charge in [-0.3, -0.25) is 0 Å². The third kappa shape index (κ3) is 2.86. The summed E-state index contributed by atoms with van der Waals surface area (Å²) >= 11 is 1.50. The SMILES string of the molecule is CCc1nnsc1C(N)C1CCCC(CC)C1. The van der Waals surface area contributed by atoms with Gasteiger partial charge >= 0.3 is 0 Å². The standard InChI is InChI=1S/C13H23N3S/c1-3-9-6-5-7-10(8-9)12(14)13-11(4-2)15-16-17-13/h9-10,12H,3-8,14H2,1-2H3. The molecule has 1 saturated carbocycles.